The molecule has 2 aromatic rings. The summed E-state index contributed by atoms with van der Waals surface area (Å²) in [5.74, 6) is -0.770. The number of aliphatic hydroxyl groups is 1. The van der Waals surface area contributed by atoms with E-state index >= 15 is 0 Å². The van der Waals surface area contributed by atoms with Crippen molar-refractivity contribution in [1.82, 2.24) is 5.32 Å². The van der Waals surface area contributed by atoms with Crippen molar-refractivity contribution in [2.24, 2.45) is 4.99 Å². The number of fused-ring (bicyclic) bond motifs is 3. The number of hydrogen-bond acceptors (Lipinski definition) is 5. The number of urea groups is 1. The first-order valence-corrected chi connectivity index (χ1v) is 10.2. The summed E-state index contributed by atoms with van der Waals surface area (Å²) < 4.78 is 0. The second-order valence-corrected chi connectivity index (χ2v) is 8.42. The Hall–Kier alpha value is -3.19. The smallest absolute Gasteiger partial charge is 0.349 e. The lowest BCUT2D eigenvalue weighted by molar-refractivity contribution is -0.124. The lowest BCUT2D eigenvalue weighted by Gasteiger charge is -2.51. The van der Waals surface area contributed by atoms with Gasteiger partial charge in [-0.15, -0.1) is 0 Å². The van der Waals surface area contributed by atoms with E-state index in [0.29, 0.717) is 12.3 Å². The Bertz CT molecular complexity index is 1130. The number of rotatable bonds is 1. The zero-order valence-corrected chi connectivity index (χ0v) is 17.2. The minimum absolute atomic E-state index is 0.313. The molecule has 0 bridgehead atoms. The molecule has 30 heavy (non-hydrogen) atoms. The predicted molar refractivity (Wildman–Crippen MR) is 115 cm³/mol. The molecule has 5 rings (SSSR count). The Balaban J connectivity index is 1.79. The van der Waals surface area contributed by atoms with Crippen molar-refractivity contribution in [2.75, 3.05) is 17.3 Å². The molecule has 0 spiro atoms. The summed E-state index contributed by atoms with van der Waals surface area (Å²) in [6.45, 7) is 4.04. The molecule has 0 aromatic heterocycles. The molecule has 3 atom stereocenters. The monoisotopic (exact) mass is 404 g/mol. The third kappa shape index (κ3) is 2.45. The van der Waals surface area contributed by atoms with Gasteiger partial charge < -0.3 is 15.3 Å². The van der Waals surface area contributed by atoms with E-state index in [1.807, 2.05) is 57.3 Å². The molecular weight excluding hydrogens is 380 g/mol. The number of nitrogens with one attached hydrogen (secondary N) is 2. The lowest BCUT2D eigenvalue weighted by Crippen LogP contribution is -2.72. The van der Waals surface area contributed by atoms with E-state index in [9.17, 15) is 14.7 Å². The number of carbonyl (C=O) groups excluding carboxylic acids is 2. The summed E-state index contributed by atoms with van der Waals surface area (Å²) in [6, 6.07) is 11.2. The molecule has 3 amide bonds. The van der Waals surface area contributed by atoms with Crippen molar-refractivity contribution < 1.29 is 14.7 Å². The van der Waals surface area contributed by atoms with E-state index in [0.717, 1.165) is 40.0 Å². The van der Waals surface area contributed by atoms with Gasteiger partial charge in [0.25, 0.3) is 5.91 Å². The molecule has 3 N–H and O–H groups in total. The number of imide groups is 1. The molecule has 7 nitrogen and oxygen atoms in total. The van der Waals surface area contributed by atoms with Gasteiger partial charge in [0.15, 0.2) is 11.4 Å². The molecule has 0 radical (unpaired) electrons. The maximum atomic E-state index is 13.5. The van der Waals surface area contributed by atoms with Crippen LogP contribution >= 0.6 is 0 Å². The van der Waals surface area contributed by atoms with Crippen LogP contribution in [0.5, 0.6) is 0 Å². The van der Waals surface area contributed by atoms with Crippen LogP contribution in [0.4, 0.5) is 16.2 Å². The molecule has 154 valence electrons. The number of likely N-dealkylation sites (N-methyl/N-ethyl adjacent to an activating group) is 1. The van der Waals surface area contributed by atoms with Gasteiger partial charge in [0.1, 0.15) is 0 Å². The topological polar surface area (TPSA) is 94.0 Å². The van der Waals surface area contributed by atoms with E-state index < -0.39 is 29.5 Å². The molecule has 0 saturated heterocycles. The predicted octanol–water partition coefficient (Wildman–Crippen LogP) is 2.64. The van der Waals surface area contributed by atoms with Crippen LogP contribution in [0.1, 0.15) is 34.6 Å². The third-order valence-corrected chi connectivity index (χ3v) is 6.71. The Morgan fingerprint density at radius 1 is 1.17 bits per heavy atom. The normalized spacial score (nSPS) is 27.3. The van der Waals surface area contributed by atoms with E-state index in [2.05, 4.69) is 15.6 Å². The fourth-order valence-corrected chi connectivity index (χ4v) is 5.09. The highest BCUT2D eigenvalue weighted by Gasteiger charge is 2.60. The van der Waals surface area contributed by atoms with Gasteiger partial charge in [0.05, 0.1) is 17.5 Å². The number of carbonyl (C=O) groups is 2. The highest BCUT2D eigenvalue weighted by molar-refractivity contribution is 6.30. The van der Waals surface area contributed by atoms with Gasteiger partial charge in [-0.05, 0) is 61.1 Å². The number of anilines is 2. The molecule has 3 aliphatic rings. The molecule has 0 saturated carbocycles. The van der Waals surface area contributed by atoms with Gasteiger partial charge in [0.2, 0.25) is 0 Å². The van der Waals surface area contributed by atoms with Gasteiger partial charge >= 0.3 is 6.03 Å². The number of nitrogens with zero attached hydrogens (tertiary/aromatic N) is 2. The second kappa shape index (κ2) is 6.40. The summed E-state index contributed by atoms with van der Waals surface area (Å²) in [7, 11) is 1.81. The Morgan fingerprint density at radius 3 is 2.70 bits per heavy atom. The molecule has 0 unspecified atom stereocenters. The van der Waals surface area contributed by atoms with E-state index in [4.69, 9.17) is 0 Å². The fraction of sp³-hybridized carbons (Fsp3) is 0.348. The first-order chi connectivity index (χ1) is 14.3. The first kappa shape index (κ1) is 18.8. The van der Waals surface area contributed by atoms with Crippen LogP contribution in [0.15, 0.2) is 41.4 Å². The number of aryl methyl sites for hydroxylation is 3. The molecule has 2 heterocycles. The third-order valence-electron chi connectivity index (χ3n) is 6.71. The van der Waals surface area contributed by atoms with Crippen LogP contribution in [0, 0.1) is 13.8 Å². The van der Waals surface area contributed by atoms with Crippen molar-refractivity contribution in [1.29, 1.82) is 0 Å². The van der Waals surface area contributed by atoms with Crippen LogP contribution in [-0.2, 0) is 11.2 Å². The summed E-state index contributed by atoms with van der Waals surface area (Å²) >= 11 is 0. The second-order valence-electron chi connectivity index (χ2n) is 8.42. The standard InChI is InChI=1S/C23H24N4O3/c1-12-10-16-17(11-13(12)2)27(3)20-23(26-16,21(29)25-22(30)24-20)19-15-7-5-4-6-14(15)8-9-18(19)28/h4-7,10-11,18-19,26,28H,8-9H2,1-3H3,(H,25,29,30)/t18-,19-,23-/m0/s1. The van der Waals surface area contributed by atoms with Gasteiger partial charge in [-0.25, -0.2) is 4.79 Å². The maximum Gasteiger partial charge on any atom is 0.349 e. The largest absolute Gasteiger partial charge is 0.392 e. The number of benzene rings is 2. The minimum Gasteiger partial charge on any atom is -0.392 e. The minimum atomic E-state index is -1.40. The fourth-order valence-electron chi connectivity index (χ4n) is 5.09. The van der Waals surface area contributed by atoms with Gasteiger partial charge in [-0.2, -0.15) is 4.99 Å². The molecule has 2 aromatic carbocycles. The van der Waals surface area contributed by atoms with Gasteiger partial charge in [0, 0.05) is 13.0 Å². The van der Waals surface area contributed by atoms with Crippen LogP contribution in [-0.4, -0.2) is 41.6 Å². The highest BCUT2D eigenvalue weighted by Crippen LogP contribution is 2.48. The summed E-state index contributed by atoms with van der Waals surface area (Å²) in [5.41, 5.74) is 4.41. The van der Waals surface area contributed by atoms with E-state index in [-0.39, 0.29) is 0 Å². The quantitative estimate of drug-likeness (QED) is 0.679. The number of aliphatic hydroxyl groups excluding tert-OH is 1. The molecule has 0 fully saturated rings. The Kier molecular flexibility index (Phi) is 4.02. The van der Waals surface area contributed by atoms with Gasteiger partial charge in [-0.3, -0.25) is 10.1 Å². The molecular formula is C23H24N4O3. The maximum absolute atomic E-state index is 13.5. The molecule has 7 heteroatoms. The van der Waals surface area contributed by atoms with Gasteiger partial charge in [-0.1, -0.05) is 24.3 Å². The Labute approximate surface area is 174 Å². The lowest BCUT2D eigenvalue weighted by atomic mass is 9.67. The van der Waals surface area contributed by atoms with Crippen molar-refractivity contribution in [3.05, 3.63) is 58.7 Å². The highest BCUT2D eigenvalue weighted by atomic mass is 16.3. The number of amidine groups is 1. The summed E-state index contributed by atoms with van der Waals surface area (Å²) in [5, 5.41) is 16.9. The zero-order valence-electron chi connectivity index (χ0n) is 17.2. The number of hydrogen-bond donors (Lipinski definition) is 3. The van der Waals surface area contributed by atoms with Crippen molar-refractivity contribution in [3.63, 3.8) is 0 Å². The zero-order chi connectivity index (χ0) is 21.2. The average molecular weight is 404 g/mol. The van der Waals surface area contributed by atoms with Crippen LogP contribution in [0.3, 0.4) is 0 Å². The van der Waals surface area contributed by atoms with Crippen molar-refractivity contribution >= 4 is 29.1 Å². The van der Waals surface area contributed by atoms with Crippen LogP contribution < -0.4 is 15.5 Å². The number of aliphatic imine (C=N–C) groups is 1. The van der Waals surface area contributed by atoms with Crippen LogP contribution in [0.25, 0.3) is 0 Å². The van der Waals surface area contributed by atoms with E-state index in [1.54, 1.807) is 4.90 Å². The summed E-state index contributed by atoms with van der Waals surface area (Å²) in [4.78, 5) is 31.8. The first-order valence-electron chi connectivity index (χ1n) is 10.2. The number of amides is 3. The van der Waals surface area contributed by atoms with Crippen LogP contribution in [0.2, 0.25) is 0 Å². The van der Waals surface area contributed by atoms with E-state index in [1.165, 1.54) is 0 Å². The Morgan fingerprint density at radius 2 is 1.90 bits per heavy atom. The van der Waals surface area contributed by atoms with Crippen molar-refractivity contribution in [3.8, 4) is 0 Å². The summed E-state index contributed by atoms with van der Waals surface area (Å²) in [6.07, 6.45) is 0.503. The SMILES string of the molecule is Cc1cc2c(cc1C)N(C)C1=NC(=O)NC(=O)[C@@]1([C@H]1c3ccccc3CC[C@@H]1O)N2. The van der Waals surface area contributed by atoms with Crippen molar-refractivity contribution in [2.45, 2.75) is 44.2 Å². The molecule has 2 aliphatic heterocycles. The average Bonchev–Trinajstić information content (AvgIpc) is 2.71. The molecule has 1 aliphatic carbocycles.